The number of nitrogens with one attached hydrogen (secondary N) is 1. The molecule has 1 N–H and O–H groups in total. The van der Waals surface area contributed by atoms with Crippen LogP contribution in [0.25, 0.3) is 0 Å². The third kappa shape index (κ3) is 3.89. The number of rotatable bonds is 2. The summed E-state index contributed by atoms with van der Waals surface area (Å²) in [6.45, 7) is 1.99. The van der Waals surface area contributed by atoms with Gasteiger partial charge in [0.1, 0.15) is 0 Å². The molecule has 0 amide bonds. The van der Waals surface area contributed by atoms with Crippen molar-refractivity contribution in [3.05, 3.63) is 35.4 Å². The molecule has 0 saturated carbocycles. The summed E-state index contributed by atoms with van der Waals surface area (Å²) in [6, 6.07) is 5.50. The Kier molecular flexibility index (Phi) is 4.83. The van der Waals surface area contributed by atoms with Gasteiger partial charge in [0, 0.05) is 0 Å². The van der Waals surface area contributed by atoms with E-state index in [1.807, 2.05) is 0 Å². The number of hydrogen-bond acceptors (Lipinski definition) is 1. The lowest BCUT2D eigenvalue weighted by Gasteiger charge is -2.10. The van der Waals surface area contributed by atoms with Gasteiger partial charge in [-0.2, -0.15) is 13.2 Å². The molecule has 1 nitrogen and oxygen atoms in total. The largest absolute Gasteiger partial charge is 0.416 e. The quantitative estimate of drug-likeness (QED) is 0.865. The van der Waals surface area contributed by atoms with Gasteiger partial charge in [-0.25, -0.2) is 0 Å². The molecular weight excluding hydrogens is 251 g/mol. The van der Waals surface area contributed by atoms with Crippen molar-refractivity contribution in [2.75, 3.05) is 13.1 Å². The highest BCUT2D eigenvalue weighted by molar-refractivity contribution is 5.85. The van der Waals surface area contributed by atoms with Gasteiger partial charge in [0.2, 0.25) is 0 Å². The minimum atomic E-state index is -4.23. The average molecular weight is 266 g/mol. The molecule has 0 spiro atoms. The second kappa shape index (κ2) is 5.74. The van der Waals surface area contributed by atoms with E-state index in [-0.39, 0.29) is 12.4 Å². The van der Waals surface area contributed by atoms with E-state index in [4.69, 9.17) is 0 Å². The summed E-state index contributed by atoms with van der Waals surface area (Å²) in [5.41, 5.74) is 0.419. The summed E-state index contributed by atoms with van der Waals surface area (Å²) in [6.07, 6.45) is -2.25. The van der Waals surface area contributed by atoms with E-state index >= 15 is 0 Å². The van der Waals surface area contributed by atoms with E-state index in [1.54, 1.807) is 12.1 Å². The van der Waals surface area contributed by atoms with Crippen LogP contribution in [-0.2, 0) is 12.6 Å². The van der Waals surface area contributed by atoms with Gasteiger partial charge in [-0.1, -0.05) is 12.1 Å². The molecule has 96 valence electrons. The second-order valence-electron chi connectivity index (χ2n) is 4.26. The molecule has 1 atom stereocenters. The van der Waals surface area contributed by atoms with Crippen LogP contribution in [0.2, 0.25) is 0 Å². The molecule has 1 unspecified atom stereocenters. The summed E-state index contributed by atoms with van der Waals surface area (Å²) < 4.78 is 36.9. The molecular formula is C12H15ClF3N. The summed E-state index contributed by atoms with van der Waals surface area (Å²) >= 11 is 0. The van der Waals surface area contributed by atoms with E-state index in [1.165, 1.54) is 0 Å². The van der Waals surface area contributed by atoms with Crippen LogP contribution in [0.5, 0.6) is 0 Å². The topological polar surface area (TPSA) is 12.0 Å². The molecule has 0 bridgehead atoms. The van der Waals surface area contributed by atoms with Crippen molar-refractivity contribution in [1.29, 1.82) is 0 Å². The van der Waals surface area contributed by atoms with Crippen molar-refractivity contribution in [2.45, 2.75) is 19.0 Å². The Morgan fingerprint density at radius 2 is 1.82 bits per heavy atom. The molecule has 5 heteroatoms. The first kappa shape index (κ1) is 14.3. The maximum absolute atomic E-state index is 12.3. The van der Waals surface area contributed by atoms with Crippen LogP contribution in [0.4, 0.5) is 13.2 Å². The second-order valence-corrected chi connectivity index (χ2v) is 4.26. The van der Waals surface area contributed by atoms with E-state index in [0.717, 1.165) is 43.6 Å². The van der Waals surface area contributed by atoms with E-state index in [0.29, 0.717) is 5.92 Å². The lowest BCUT2D eigenvalue weighted by Crippen LogP contribution is -2.11. The van der Waals surface area contributed by atoms with Gasteiger partial charge in [0.15, 0.2) is 0 Å². The van der Waals surface area contributed by atoms with Crippen molar-refractivity contribution in [1.82, 2.24) is 5.32 Å². The van der Waals surface area contributed by atoms with Crippen LogP contribution in [-0.4, -0.2) is 13.1 Å². The number of alkyl halides is 3. The standard InChI is InChI=1S/C12H14F3N.ClH/c13-12(14,15)11-3-1-9(2-4-11)7-10-5-6-16-8-10;/h1-4,10,16H,5-8H2;1H. The molecule has 1 heterocycles. The van der Waals surface area contributed by atoms with Crippen LogP contribution in [0, 0.1) is 5.92 Å². The predicted molar refractivity (Wildman–Crippen MR) is 63.4 cm³/mol. The van der Waals surface area contributed by atoms with Gasteiger partial charge in [-0.15, -0.1) is 12.4 Å². The molecule has 1 aliphatic rings. The van der Waals surface area contributed by atoms with E-state index in [9.17, 15) is 13.2 Å². The highest BCUT2D eigenvalue weighted by Gasteiger charge is 2.30. The number of benzene rings is 1. The Hall–Kier alpha value is -0.740. The molecule has 2 rings (SSSR count). The minimum Gasteiger partial charge on any atom is -0.316 e. The van der Waals surface area contributed by atoms with Crippen molar-refractivity contribution >= 4 is 12.4 Å². The van der Waals surface area contributed by atoms with Crippen molar-refractivity contribution < 1.29 is 13.2 Å². The Morgan fingerprint density at radius 1 is 1.18 bits per heavy atom. The van der Waals surface area contributed by atoms with Crippen LogP contribution in [0.1, 0.15) is 17.5 Å². The number of hydrogen-bond donors (Lipinski definition) is 1. The van der Waals surface area contributed by atoms with Gasteiger partial charge in [0.25, 0.3) is 0 Å². The molecule has 0 radical (unpaired) electrons. The number of halogens is 4. The molecule has 1 aliphatic heterocycles. The highest BCUT2D eigenvalue weighted by atomic mass is 35.5. The molecule has 1 aromatic carbocycles. The lowest BCUT2D eigenvalue weighted by molar-refractivity contribution is -0.137. The first-order valence-corrected chi connectivity index (χ1v) is 5.42. The molecule has 1 aromatic rings. The predicted octanol–water partition coefficient (Wildman–Crippen LogP) is 3.28. The third-order valence-corrected chi connectivity index (χ3v) is 2.97. The zero-order chi connectivity index (χ0) is 11.6. The molecule has 1 saturated heterocycles. The van der Waals surface area contributed by atoms with Gasteiger partial charge < -0.3 is 5.32 Å². The third-order valence-electron chi connectivity index (χ3n) is 2.97. The van der Waals surface area contributed by atoms with Crippen LogP contribution >= 0.6 is 12.4 Å². The molecule has 0 aliphatic carbocycles. The summed E-state index contributed by atoms with van der Waals surface area (Å²) in [5, 5.41) is 3.25. The fourth-order valence-electron chi connectivity index (χ4n) is 2.05. The zero-order valence-corrected chi connectivity index (χ0v) is 10.1. The van der Waals surface area contributed by atoms with Gasteiger partial charge >= 0.3 is 6.18 Å². The van der Waals surface area contributed by atoms with Gasteiger partial charge in [-0.05, 0) is 49.5 Å². The van der Waals surface area contributed by atoms with Crippen molar-refractivity contribution in [2.24, 2.45) is 5.92 Å². The van der Waals surface area contributed by atoms with Gasteiger partial charge in [0.05, 0.1) is 5.56 Å². The summed E-state index contributed by atoms with van der Waals surface area (Å²) in [7, 11) is 0. The van der Waals surface area contributed by atoms with E-state index in [2.05, 4.69) is 5.32 Å². The van der Waals surface area contributed by atoms with Gasteiger partial charge in [-0.3, -0.25) is 0 Å². The Bertz CT molecular complexity index is 342. The monoisotopic (exact) mass is 265 g/mol. The average Bonchev–Trinajstić information content (AvgIpc) is 2.70. The van der Waals surface area contributed by atoms with Crippen molar-refractivity contribution in [3.63, 3.8) is 0 Å². The maximum atomic E-state index is 12.3. The molecule has 1 fully saturated rings. The Morgan fingerprint density at radius 3 is 2.29 bits per heavy atom. The minimum absolute atomic E-state index is 0. The van der Waals surface area contributed by atoms with Crippen LogP contribution < -0.4 is 5.32 Å². The van der Waals surface area contributed by atoms with E-state index < -0.39 is 11.7 Å². The summed E-state index contributed by atoms with van der Waals surface area (Å²) in [4.78, 5) is 0. The van der Waals surface area contributed by atoms with Crippen molar-refractivity contribution in [3.8, 4) is 0 Å². The fraction of sp³-hybridized carbons (Fsp3) is 0.500. The van der Waals surface area contributed by atoms with Crippen LogP contribution in [0.15, 0.2) is 24.3 Å². The smallest absolute Gasteiger partial charge is 0.316 e. The lowest BCUT2D eigenvalue weighted by atomic mass is 9.98. The fourth-order valence-corrected chi connectivity index (χ4v) is 2.05. The SMILES string of the molecule is Cl.FC(F)(F)c1ccc(CC2CCNC2)cc1. The zero-order valence-electron chi connectivity index (χ0n) is 9.26. The molecule has 17 heavy (non-hydrogen) atoms. The normalized spacial score (nSPS) is 20.1. The maximum Gasteiger partial charge on any atom is 0.416 e. The van der Waals surface area contributed by atoms with Crippen LogP contribution in [0.3, 0.4) is 0 Å². The first-order chi connectivity index (χ1) is 7.55. The Balaban J connectivity index is 0.00000144. The summed E-state index contributed by atoms with van der Waals surface area (Å²) in [5.74, 6) is 0.566. The Labute approximate surface area is 105 Å². The first-order valence-electron chi connectivity index (χ1n) is 5.42. The molecule has 0 aromatic heterocycles. The highest BCUT2D eigenvalue weighted by Crippen LogP contribution is 2.29.